The molecule has 1 aliphatic heterocycles. The number of aromatic nitrogens is 2. The van der Waals surface area contributed by atoms with Crippen LogP contribution in [-0.4, -0.2) is 40.6 Å². The van der Waals surface area contributed by atoms with E-state index in [1.807, 2.05) is 18.2 Å². The van der Waals surface area contributed by atoms with Crippen molar-refractivity contribution in [3.8, 4) is 5.69 Å². The fraction of sp³-hybridized carbons (Fsp3) is 0.250. The van der Waals surface area contributed by atoms with Gasteiger partial charge in [-0.15, -0.1) is 0 Å². The van der Waals surface area contributed by atoms with Gasteiger partial charge in [-0.2, -0.15) is 0 Å². The molecule has 2 heterocycles. The molecule has 0 atom stereocenters. The summed E-state index contributed by atoms with van der Waals surface area (Å²) < 4.78 is 16.0. The first-order chi connectivity index (χ1) is 13.1. The van der Waals surface area contributed by atoms with E-state index in [4.69, 9.17) is 23.2 Å². The van der Waals surface area contributed by atoms with Crippen LogP contribution in [0, 0.1) is 5.82 Å². The summed E-state index contributed by atoms with van der Waals surface area (Å²) in [4.78, 5) is 8.99. The van der Waals surface area contributed by atoms with E-state index in [0.717, 1.165) is 44.2 Å². The maximum atomic E-state index is 14.2. The maximum absolute atomic E-state index is 14.2. The van der Waals surface area contributed by atoms with Gasteiger partial charge in [0.15, 0.2) is 0 Å². The highest BCUT2D eigenvalue weighted by molar-refractivity contribution is 6.35. The van der Waals surface area contributed by atoms with Crippen molar-refractivity contribution in [1.29, 1.82) is 0 Å². The van der Waals surface area contributed by atoms with Gasteiger partial charge in [-0.3, -0.25) is 9.47 Å². The Labute approximate surface area is 167 Å². The van der Waals surface area contributed by atoms with Crippen molar-refractivity contribution in [2.75, 3.05) is 31.1 Å². The Morgan fingerprint density at radius 3 is 2.52 bits per heavy atom. The molecular weight excluding hydrogens is 386 g/mol. The number of imidazole rings is 1. The lowest BCUT2D eigenvalue weighted by atomic mass is 10.2. The Balaban J connectivity index is 1.45. The topological polar surface area (TPSA) is 24.3 Å². The fourth-order valence-corrected chi connectivity index (χ4v) is 3.83. The van der Waals surface area contributed by atoms with Gasteiger partial charge in [0.1, 0.15) is 5.82 Å². The van der Waals surface area contributed by atoms with E-state index in [0.29, 0.717) is 15.7 Å². The number of hydrogen-bond donors (Lipinski definition) is 0. The molecule has 4 nitrogen and oxygen atoms in total. The smallest absolute Gasteiger partial charge is 0.210 e. The van der Waals surface area contributed by atoms with Crippen molar-refractivity contribution < 1.29 is 4.39 Å². The van der Waals surface area contributed by atoms with Gasteiger partial charge in [0.05, 0.1) is 5.69 Å². The largest absolute Gasteiger partial charge is 0.339 e. The molecule has 4 rings (SSSR count). The molecule has 0 amide bonds. The SMILES string of the molecule is Fc1ccccc1-n1ccnc1N1CCN(Cc2ccc(Cl)cc2Cl)CC1. The second-order valence-electron chi connectivity index (χ2n) is 6.55. The first kappa shape index (κ1) is 18.3. The van der Waals surface area contributed by atoms with Crippen LogP contribution in [0.15, 0.2) is 54.9 Å². The van der Waals surface area contributed by atoms with Crippen LogP contribution in [0.3, 0.4) is 0 Å². The highest BCUT2D eigenvalue weighted by atomic mass is 35.5. The van der Waals surface area contributed by atoms with Crippen LogP contribution in [-0.2, 0) is 6.54 Å². The third-order valence-corrected chi connectivity index (χ3v) is 5.38. The third kappa shape index (κ3) is 3.95. The molecule has 27 heavy (non-hydrogen) atoms. The van der Waals surface area contributed by atoms with Gasteiger partial charge in [-0.1, -0.05) is 41.4 Å². The first-order valence-corrected chi connectivity index (χ1v) is 9.57. The van der Waals surface area contributed by atoms with Gasteiger partial charge < -0.3 is 4.90 Å². The van der Waals surface area contributed by atoms with Crippen LogP contribution < -0.4 is 4.90 Å². The molecule has 7 heteroatoms. The molecule has 1 saturated heterocycles. The molecule has 0 unspecified atom stereocenters. The molecule has 0 N–H and O–H groups in total. The molecule has 3 aromatic rings. The summed E-state index contributed by atoms with van der Waals surface area (Å²) >= 11 is 12.3. The van der Waals surface area contributed by atoms with Crippen LogP contribution in [0.25, 0.3) is 5.69 Å². The standard InChI is InChI=1S/C20H19Cl2FN4/c21-16-6-5-15(17(22)13-16)14-25-9-11-26(12-10-25)20-24-7-8-27(20)19-4-2-1-3-18(19)23/h1-8,13H,9-12,14H2. The van der Waals surface area contributed by atoms with Crippen molar-refractivity contribution in [1.82, 2.24) is 14.5 Å². The summed E-state index contributed by atoms with van der Waals surface area (Å²) in [6.07, 6.45) is 3.51. The summed E-state index contributed by atoms with van der Waals surface area (Å²) in [5.74, 6) is 0.511. The number of piperazine rings is 1. The van der Waals surface area contributed by atoms with Crippen molar-refractivity contribution in [2.24, 2.45) is 0 Å². The van der Waals surface area contributed by atoms with Gasteiger partial charge in [0.25, 0.3) is 0 Å². The lowest BCUT2D eigenvalue weighted by Gasteiger charge is -2.35. The van der Waals surface area contributed by atoms with Crippen molar-refractivity contribution in [3.63, 3.8) is 0 Å². The lowest BCUT2D eigenvalue weighted by molar-refractivity contribution is 0.248. The Hall–Kier alpha value is -2.08. The van der Waals surface area contributed by atoms with E-state index >= 15 is 0 Å². The average Bonchev–Trinajstić information content (AvgIpc) is 3.14. The zero-order valence-corrected chi connectivity index (χ0v) is 16.2. The minimum Gasteiger partial charge on any atom is -0.339 e. The molecule has 1 aromatic heterocycles. The Morgan fingerprint density at radius 2 is 1.78 bits per heavy atom. The molecule has 2 aromatic carbocycles. The number of benzene rings is 2. The van der Waals surface area contributed by atoms with E-state index in [1.165, 1.54) is 6.07 Å². The third-order valence-electron chi connectivity index (χ3n) is 4.80. The van der Waals surface area contributed by atoms with Crippen LogP contribution >= 0.6 is 23.2 Å². The number of halogens is 3. The Kier molecular flexibility index (Phi) is 5.34. The Bertz CT molecular complexity index is 935. The van der Waals surface area contributed by atoms with E-state index in [2.05, 4.69) is 14.8 Å². The van der Waals surface area contributed by atoms with Gasteiger partial charge in [0, 0.05) is 55.2 Å². The minimum absolute atomic E-state index is 0.257. The molecule has 1 fully saturated rings. The van der Waals surface area contributed by atoms with E-state index in [-0.39, 0.29) is 5.82 Å². The lowest BCUT2D eigenvalue weighted by Crippen LogP contribution is -2.46. The number of rotatable bonds is 4. The van der Waals surface area contributed by atoms with Gasteiger partial charge in [0.2, 0.25) is 5.95 Å². The Morgan fingerprint density at radius 1 is 1.00 bits per heavy atom. The zero-order valence-electron chi connectivity index (χ0n) is 14.7. The van der Waals surface area contributed by atoms with Crippen molar-refractivity contribution in [3.05, 3.63) is 76.3 Å². The quantitative estimate of drug-likeness (QED) is 0.632. The van der Waals surface area contributed by atoms with Crippen LogP contribution in [0.2, 0.25) is 10.0 Å². The highest BCUT2D eigenvalue weighted by Crippen LogP contribution is 2.24. The fourth-order valence-electron chi connectivity index (χ4n) is 3.36. The van der Waals surface area contributed by atoms with Crippen LogP contribution in [0.1, 0.15) is 5.56 Å². The highest BCUT2D eigenvalue weighted by Gasteiger charge is 2.22. The van der Waals surface area contributed by atoms with Gasteiger partial charge >= 0.3 is 0 Å². The normalized spacial score (nSPS) is 15.3. The maximum Gasteiger partial charge on any atom is 0.210 e. The van der Waals surface area contributed by atoms with E-state index < -0.39 is 0 Å². The monoisotopic (exact) mass is 404 g/mol. The van der Waals surface area contributed by atoms with Crippen molar-refractivity contribution >= 4 is 29.2 Å². The molecule has 0 spiro atoms. The molecule has 140 valence electrons. The van der Waals surface area contributed by atoms with Crippen molar-refractivity contribution in [2.45, 2.75) is 6.54 Å². The number of hydrogen-bond acceptors (Lipinski definition) is 3. The number of para-hydroxylation sites is 1. The minimum atomic E-state index is -0.257. The molecule has 0 aliphatic carbocycles. The first-order valence-electron chi connectivity index (χ1n) is 8.81. The summed E-state index contributed by atoms with van der Waals surface area (Å²) in [5.41, 5.74) is 1.59. The summed E-state index contributed by atoms with van der Waals surface area (Å²) in [7, 11) is 0. The summed E-state index contributed by atoms with van der Waals surface area (Å²) in [6, 6.07) is 12.4. The zero-order chi connectivity index (χ0) is 18.8. The average molecular weight is 405 g/mol. The van der Waals surface area contributed by atoms with Gasteiger partial charge in [-0.25, -0.2) is 9.37 Å². The van der Waals surface area contributed by atoms with Gasteiger partial charge in [-0.05, 0) is 29.8 Å². The second-order valence-corrected chi connectivity index (χ2v) is 7.39. The number of nitrogens with zero attached hydrogens (tertiary/aromatic N) is 4. The number of anilines is 1. The van der Waals surface area contributed by atoms with Crippen LogP contribution in [0.5, 0.6) is 0 Å². The summed E-state index contributed by atoms with van der Waals surface area (Å²) in [6.45, 7) is 4.17. The molecule has 1 aliphatic rings. The molecule has 0 saturated carbocycles. The molecule has 0 bridgehead atoms. The second kappa shape index (κ2) is 7.89. The summed E-state index contributed by atoms with van der Waals surface area (Å²) in [5, 5.41) is 1.34. The predicted molar refractivity (Wildman–Crippen MR) is 107 cm³/mol. The van der Waals surface area contributed by atoms with E-state index in [9.17, 15) is 4.39 Å². The molecule has 0 radical (unpaired) electrons. The van der Waals surface area contributed by atoms with E-state index in [1.54, 1.807) is 35.2 Å². The molecular formula is C20H19Cl2FN4. The van der Waals surface area contributed by atoms with Crippen LogP contribution in [0.4, 0.5) is 10.3 Å². The predicted octanol–water partition coefficient (Wildman–Crippen LogP) is 4.64.